The summed E-state index contributed by atoms with van der Waals surface area (Å²) in [4.78, 5) is 23.8. The first kappa shape index (κ1) is 18.0. The third-order valence-corrected chi connectivity index (χ3v) is 6.56. The number of aromatic nitrogens is 1. The summed E-state index contributed by atoms with van der Waals surface area (Å²) >= 11 is 0. The highest BCUT2D eigenvalue weighted by molar-refractivity contribution is 5.76. The number of carbonyl (C=O) groups is 1. The van der Waals surface area contributed by atoms with Crippen LogP contribution in [0.3, 0.4) is 0 Å². The van der Waals surface area contributed by atoms with Gasteiger partial charge in [-0.1, -0.05) is 26.0 Å². The molecule has 1 aromatic rings. The number of hydrogen-bond donors (Lipinski definition) is 1. The fourth-order valence-corrected chi connectivity index (χ4v) is 4.78. The third-order valence-electron chi connectivity index (χ3n) is 6.56. The van der Waals surface area contributed by atoms with E-state index in [1.807, 2.05) is 13.8 Å². The largest absolute Gasteiger partial charge is 0.350 e. The van der Waals surface area contributed by atoms with E-state index >= 15 is 0 Å². The topological polar surface area (TPSA) is 51.1 Å². The lowest BCUT2D eigenvalue weighted by molar-refractivity contribution is -0.123. The summed E-state index contributed by atoms with van der Waals surface area (Å²) in [5.74, 6) is 1.38. The maximum Gasteiger partial charge on any atom is 0.220 e. The summed E-state index contributed by atoms with van der Waals surface area (Å²) < 4.78 is 2.10. The number of amides is 1. The summed E-state index contributed by atoms with van der Waals surface area (Å²) in [5.41, 5.74) is 3.52. The number of pyridine rings is 1. The number of aryl methyl sites for hydroxylation is 2. The maximum atomic E-state index is 12.3. The molecule has 2 bridgehead atoms. The van der Waals surface area contributed by atoms with Crippen LogP contribution < -0.4 is 10.7 Å². The van der Waals surface area contributed by atoms with Crippen LogP contribution in [-0.2, 0) is 11.3 Å². The summed E-state index contributed by atoms with van der Waals surface area (Å²) in [5, 5.41) is 3.19. The second-order valence-corrected chi connectivity index (χ2v) is 8.47. The first-order valence-electron chi connectivity index (χ1n) is 9.36. The fraction of sp³-hybridized carbons (Fsp3) is 0.619. The van der Waals surface area contributed by atoms with Crippen molar-refractivity contribution in [3.8, 4) is 0 Å². The Bertz CT molecular complexity index is 733. The second-order valence-electron chi connectivity index (χ2n) is 8.47. The van der Waals surface area contributed by atoms with E-state index in [-0.39, 0.29) is 17.4 Å². The monoisotopic (exact) mass is 342 g/mol. The van der Waals surface area contributed by atoms with E-state index in [2.05, 4.69) is 30.3 Å². The molecule has 1 N–H and O–H groups in total. The zero-order valence-electron chi connectivity index (χ0n) is 15.9. The highest BCUT2D eigenvalue weighted by Crippen LogP contribution is 2.60. The van der Waals surface area contributed by atoms with Crippen molar-refractivity contribution in [2.45, 2.75) is 66.0 Å². The maximum absolute atomic E-state index is 12.3. The van der Waals surface area contributed by atoms with E-state index < -0.39 is 0 Å². The van der Waals surface area contributed by atoms with Crippen LogP contribution in [0.5, 0.6) is 0 Å². The van der Waals surface area contributed by atoms with Crippen molar-refractivity contribution in [2.24, 2.45) is 17.3 Å². The van der Waals surface area contributed by atoms with Gasteiger partial charge in [0.25, 0.3) is 0 Å². The average Bonchev–Trinajstić information content (AvgIpc) is 2.51. The van der Waals surface area contributed by atoms with Gasteiger partial charge >= 0.3 is 0 Å². The van der Waals surface area contributed by atoms with Crippen molar-refractivity contribution in [3.05, 3.63) is 45.9 Å². The van der Waals surface area contributed by atoms with Crippen LogP contribution in [0, 0.1) is 31.1 Å². The number of nitrogens with one attached hydrogen (secondary N) is 1. The molecule has 3 aliphatic carbocycles. The molecule has 4 rings (SSSR count). The van der Waals surface area contributed by atoms with Gasteiger partial charge in [-0.15, -0.1) is 0 Å². The number of carbonyl (C=O) groups excluding carboxylic acids is 1. The van der Waals surface area contributed by atoms with Crippen molar-refractivity contribution in [1.29, 1.82) is 0 Å². The van der Waals surface area contributed by atoms with Gasteiger partial charge in [0.05, 0.1) is 6.04 Å². The summed E-state index contributed by atoms with van der Waals surface area (Å²) in [7, 11) is 0. The standard InChI is InChI=1S/C21H30N2O2/c1-13-9-17(24)10-14(2)23(13)8-6-7-20(25)22-19-12-16-11-18(15(19)3)21(16,4)5/h9-10,16,18-19H,3,6-8,11-12H2,1-2,4-5H3,(H,22,25)/t16-,18+,19?/m1/s1. The van der Waals surface area contributed by atoms with E-state index in [4.69, 9.17) is 0 Å². The Labute approximate surface area is 150 Å². The summed E-state index contributed by atoms with van der Waals surface area (Å²) in [6.45, 7) is 13.6. The van der Waals surface area contributed by atoms with Gasteiger partial charge in [-0.3, -0.25) is 9.59 Å². The lowest BCUT2D eigenvalue weighted by Crippen LogP contribution is -2.57. The number of fused-ring (bicyclic) bond motifs is 2. The zero-order chi connectivity index (χ0) is 18.4. The Morgan fingerprint density at radius 1 is 1.28 bits per heavy atom. The SMILES string of the molecule is C=C1C(NC(=O)CCCn2c(C)cc(=O)cc2C)C[C@H]2C[C@@H]1C2(C)C. The van der Waals surface area contributed by atoms with Gasteiger partial charge < -0.3 is 9.88 Å². The van der Waals surface area contributed by atoms with E-state index in [1.165, 1.54) is 12.0 Å². The predicted octanol–water partition coefficient (Wildman–Crippen LogP) is 3.35. The van der Waals surface area contributed by atoms with Gasteiger partial charge in [0.2, 0.25) is 5.91 Å². The molecular weight excluding hydrogens is 312 g/mol. The highest BCUT2D eigenvalue weighted by atomic mass is 16.1. The quantitative estimate of drug-likeness (QED) is 0.834. The minimum atomic E-state index is 0.0429. The Morgan fingerprint density at radius 2 is 1.92 bits per heavy atom. The molecule has 0 aromatic carbocycles. The molecule has 4 nitrogen and oxygen atoms in total. The van der Waals surface area contributed by atoms with Gasteiger partial charge in [0.15, 0.2) is 5.43 Å². The minimum Gasteiger partial charge on any atom is -0.350 e. The molecule has 1 amide bonds. The van der Waals surface area contributed by atoms with Gasteiger partial charge in [-0.2, -0.15) is 0 Å². The van der Waals surface area contributed by atoms with Gasteiger partial charge in [-0.05, 0) is 50.4 Å². The Kier molecular flexibility index (Phi) is 4.65. The van der Waals surface area contributed by atoms with Gasteiger partial charge in [0.1, 0.15) is 0 Å². The van der Waals surface area contributed by atoms with Crippen LogP contribution >= 0.6 is 0 Å². The zero-order valence-corrected chi connectivity index (χ0v) is 15.9. The molecule has 0 spiro atoms. The Balaban J connectivity index is 1.50. The first-order chi connectivity index (χ1) is 11.7. The molecule has 0 saturated heterocycles. The molecule has 1 unspecified atom stereocenters. The lowest BCUT2D eigenvalue weighted by atomic mass is 9.46. The van der Waals surface area contributed by atoms with Crippen LogP contribution in [-0.4, -0.2) is 16.5 Å². The molecule has 25 heavy (non-hydrogen) atoms. The van der Waals surface area contributed by atoms with E-state index in [0.29, 0.717) is 23.7 Å². The number of hydrogen-bond acceptors (Lipinski definition) is 2. The van der Waals surface area contributed by atoms with Crippen molar-refractivity contribution >= 4 is 5.91 Å². The number of nitrogens with zero attached hydrogens (tertiary/aromatic N) is 1. The Hall–Kier alpha value is -1.84. The van der Waals surface area contributed by atoms with E-state index in [9.17, 15) is 9.59 Å². The molecule has 3 saturated carbocycles. The molecular formula is C21H30N2O2. The molecule has 0 aliphatic heterocycles. The van der Waals surface area contributed by atoms with Crippen molar-refractivity contribution in [2.75, 3.05) is 0 Å². The molecule has 1 heterocycles. The molecule has 3 aliphatic rings. The number of rotatable bonds is 5. The van der Waals surface area contributed by atoms with Crippen LogP contribution in [0.15, 0.2) is 29.1 Å². The van der Waals surface area contributed by atoms with Crippen LogP contribution in [0.4, 0.5) is 0 Å². The molecule has 0 radical (unpaired) electrons. The van der Waals surface area contributed by atoms with Gasteiger partial charge in [0, 0.05) is 36.5 Å². The van der Waals surface area contributed by atoms with Crippen LogP contribution in [0.1, 0.15) is 50.9 Å². The Morgan fingerprint density at radius 3 is 2.48 bits per heavy atom. The molecule has 136 valence electrons. The molecule has 4 heteroatoms. The fourth-order valence-electron chi connectivity index (χ4n) is 4.78. The van der Waals surface area contributed by atoms with Crippen molar-refractivity contribution < 1.29 is 4.79 Å². The summed E-state index contributed by atoms with van der Waals surface area (Å²) in [6.07, 6.45) is 3.55. The minimum absolute atomic E-state index is 0.0429. The van der Waals surface area contributed by atoms with Crippen LogP contribution in [0.2, 0.25) is 0 Å². The lowest BCUT2D eigenvalue weighted by Gasteiger charge is -2.60. The third kappa shape index (κ3) is 3.31. The van der Waals surface area contributed by atoms with Crippen molar-refractivity contribution in [3.63, 3.8) is 0 Å². The molecule has 3 atom stereocenters. The van der Waals surface area contributed by atoms with Gasteiger partial charge in [-0.25, -0.2) is 0 Å². The smallest absolute Gasteiger partial charge is 0.220 e. The molecule has 3 fully saturated rings. The van der Waals surface area contributed by atoms with E-state index in [0.717, 1.165) is 30.8 Å². The van der Waals surface area contributed by atoms with E-state index in [1.54, 1.807) is 12.1 Å². The average molecular weight is 342 g/mol. The predicted molar refractivity (Wildman–Crippen MR) is 100 cm³/mol. The highest BCUT2D eigenvalue weighted by Gasteiger charge is 2.54. The second kappa shape index (κ2) is 6.47. The van der Waals surface area contributed by atoms with Crippen molar-refractivity contribution in [1.82, 2.24) is 9.88 Å². The van der Waals surface area contributed by atoms with Crippen LogP contribution in [0.25, 0.3) is 0 Å². The normalized spacial score (nSPS) is 26.9. The summed E-state index contributed by atoms with van der Waals surface area (Å²) in [6, 6.07) is 3.44. The molecule has 1 aromatic heterocycles. The first-order valence-corrected chi connectivity index (χ1v) is 9.36.